The molecule has 0 unspecified atom stereocenters. The number of nitrogens with zero attached hydrogens (tertiary/aromatic N) is 2. The maximum Gasteiger partial charge on any atom is 0.405 e. The summed E-state index contributed by atoms with van der Waals surface area (Å²) >= 11 is 1.05. The summed E-state index contributed by atoms with van der Waals surface area (Å²) in [5.74, 6) is -0.759. The lowest BCUT2D eigenvalue weighted by Gasteiger charge is -2.07. The third-order valence-corrected chi connectivity index (χ3v) is 3.44. The van der Waals surface area contributed by atoms with Crippen LogP contribution in [0.2, 0.25) is 0 Å². The van der Waals surface area contributed by atoms with Gasteiger partial charge in [-0.3, -0.25) is 4.79 Å². The van der Waals surface area contributed by atoms with Gasteiger partial charge in [0.2, 0.25) is 0 Å². The smallest absolute Gasteiger partial charge is 0.342 e. The minimum Gasteiger partial charge on any atom is -0.342 e. The Kier molecular flexibility index (Phi) is 3.61. The first-order valence-electron chi connectivity index (χ1n) is 5.32. The fourth-order valence-corrected chi connectivity index (χ4v) is 2.38. The average Bonchev–Trinajstić information content (AvgIpc) is 2.93. The van der Waals surface area contributed by atoms with Crippen molar-refractivity contribution in [3.05, 3.63) is 35.1 Å². The van der Waals surface area contributed by atoms with Gasteiger partial charge in [-0.05, 0) is 19.1 Å². The van der Waals surface area contributed by atoms with Gasteiger partial charge in [0, 0.05) is 12.4 Å². The van der Waals surface area contributed by atoms with Gasteiger partial charge in [-0.1, -0.05) is 11.3 Å². The first-order valence-corrected chi connectivity index (χ1v) is 6.14. The van der Waals surface area contributed by atoms with Crippen LogP contribution in [0.3, 0.4) is 0 Å². The Labute approximate surface area is 110 Å². The summed E-state index contributed by atoms with van der Waals surface area (Å²) in [7, 11) is 0. The van der Waals surface area contributed by atoms with E-state index in [2.05, 4.69) is 4.98 Å². The molecule has 0 saturated carbocycles. The van der Waals surface area contributed by atoms with Crippen molar-refractivity contribution < 1.29 is 18.0 Å². The van der Waals surface area contributed by atoms with Crippen molar-refractivity contribution in [3.63, 3.8) is 0 Å². The standard InChI is InChI=1S/C11H10F3N3OS/c1-7-8(9(18)15-6-11(12,13)14)19-10(16-7)17-4-2-3-5-17/h2-5H,6H2,1H3,(H,15,18). The second-order valence-electron chi connectivity index (χ2n) is 3.80. The number of halogens is 3. The minimum atomic E-state index is -4.42. The van der Waals surface area contributed by atoms with E-state index >= 15 is 0 Å². The van der Waals surface area contributed by atoms with Crippen molar-refractivity contribution in [1.82, 2.24) is 14.9 Å². The van der Waals surface area contributed by atoms with E-state index in [9.17, 15) is 18.0 Å². The average molecular weight is 289 g/mol. The third-order valence-electron chi connectivity index (χ3n) is 2.27. The molecule has 1 amide bonds. The van der Waals surface area contributed by atoms with E-state index < -0.39 is 18.6 Å². The third kappa shape index (κ3) is 3.34. The van der Waals surface area contributed by atoms with Crippen LogP contribution in [0.1, 0.15) is 15.4 Å². The lowest BCUT2D eigenvalue weighted by molar-refractivity contribution is -0.123. The number of nitrogens with one attached hydrogen (secondary N) is 1. The number of amides is 1. The highest BCUT2D eigenvalue weighted by atomic mass is 32.1. The molecule has 0 aromatic carbocycles. The summed E-state index contributed by atoms with van der Waals surface area (Å²) < 4.78 is 37.8. The minimum absolute atomic E-state index is 0.188. The molecule has 2 heterocycles. The molecule has 0 saturated heterocycles. The first-order chi connectivity index (χ1) is 8.87. The fraction of sp³-hybridized carbons (Fsp3) is 0.273. The van der Waals surface area contributed by atoms with Crippen LogP contribution in [-0.2, 0) is 0 Å². The molecule has 2 aromatic heterocycles. The van der Waals surface area contributed by atoms with Gasteiger partial charge in [0.05, 0.1) is 5.69 Å². The molecule has 0 aliphatic heterocycles. The number of carbonyl (C=O) groups excluding carboxylic acids is 1. The number of alkyl halides is 3. The highest BCUT2D eigenvalue weighted by Crippen LogP contribution is 2.22. The van der Waals surface area contributed by atoms with Gasteiger partial charge in [0.1, 0.15) is 11.4 Å². The molecule has 8 heteroatoms. The molecule has 102 valence electrons. The Hall–Kier alpha value is -1.83. The zero-order valence-corrected chi connectivity index (χ0v) is 10.7. The van der Waals surface area contributed by atoms with E-state index in [0.29, 0.717) is 10.8 Å². The molecule has 0 aliphatic rings. The molecule has 2 aromatic rings. The summed E-state index contributed by atoms with van der Waals surface area (Å²) in [6.07, 6.45) is -0.928. The summed E-state index contributed by atoms with van der Waals surface area (Å²) in [5.41, 5.74) is 0.411. The Balaban J connectivity index is 2.15. The topological polar surface area (TPSA) is 46.9 Å². The second-order valence-corrected chi connectivity index (χ2v) is 4.78. The molecule has 19 heavy (non-hydrogen) atoms. The number of aromatic nitrogens is 2. The van der Waals surface area contributed by atoms with Gasteiger partial charge in [-0.25, -0.2) is 4.98 Å². The van der Waals surface area contributed by atoms with E-state index in [4.69, 9.17) is 0 Å². The molecule has 4 nitrogen and oxygen atoms in total. The van der Waals surface area contributed by atoms with E-state index in [1.165, 1.54) is 0 Å². The summed E-state index contributed by atoms with van der Waals surface area (Å²) in [4.78, 5) is 16.0. The van der Waals surface area contributed by atoms with Crippen molar-refractivity contribution >= 4 is 17.2 Å². The van der Waals surface area contributed by atoms with Crippen molar-refractivity contribution in [2.24, 2.45) is 0 Å². The monoisotopic (exact) mass is 289 g/mol. The number of carbonyl (C=O) groups is 1. The molecule has 0 fully saturated rings. The van der Waals surface area contributed by atoms with E-state index in [1.54, 1.807) is 36.0 Å². The highest BCUT2D eigenvalue weighted by Gasteiger charge is 2.28. The van der Waals surface area contributed by atoms with Crippen molar-refractivity contribution in [2.45, 2.75) is 13.1 Å². The number of aryl methyl sites for hydroxylation is 1. The van der Waals surface area contributed by atoms with Gasteiger partial charge in [0.15, 0.2) is 5.13 Å². The van der Waals surface area contributed by atoms with E-state index in [1.807, 2.05) is 5.32 Å². The summed E-state index contributed by atoms with van der Waals surface area (Å²) in [6.45, 7) is 0.244. The number of hydrogen-bond donors (Lipinski definition) is 1. The fourth-order valence-electron chi connectivity index (χ4n) is 1.43. The Morgan fingerprint density at radius 3 is 2.63 bits per heavy atom. The van der Waals surface area contributed by atoms with Crippen LogP contribution >= 0.6 is 11.3 Å². The van der Waals surface area contributed by atoms with Crippen LogP contribution in [0.25, 0.3) is 5.13 Å². The molecule has 1 N–H and O–H groups in total. The number of thiazole rings is 1. The second kappa shape index (κ2) is 5.04. The van der Waals surface area contributed by atoms with Gasteiger partial charge >= 0.3 is 6.18 Å². The molecule has 2 rings (SSSR count). The van der Waals surface area contributed by atoms with Gasteiger partial charge in [-0.2, -0.15) is 13.2 Å². The highest BCUT2D eigenvalue weighted by molar-refractivity contribution is 7.16. The molecule has 0 atom stereocenters. The molecule has 0 aliphatic carbocycles. The quantitative estimate of drug-likeness (QED) is 0.944. The largest absolute Gasteiger partial charge is 0.405 e. The maximum atomic E-state index is 12.0. The van der Waals surface area contributed by atoms with Crippen LogP contribution in [0.5, 0.6) is 0 Å². The van der Waals surface area contributed by atoms with E-state index in [-0.39, 0.29) is 4.88 Å². The first kappa shape index (κ1) is 13.6. The predicted molar refractivity (Wildman–Crippen MR) is 64.6 cm³/mol. The van der Waals surface area contributed by atoms with Gasteiger partial charge in [0.25, 0.3) is 5.91 Å². The zero-order chi connectivity index (χ0) is 14.0. The zero-order valence-electron chi connectivity index (χ0n) is 9.86. The summed E-state index contributed by atoms with van der Waals surface area (Å²) in [5, 5.41) is 2.38. The Morgan fingerprint density at radius 2 is 2.05 bits per heavy atom. The SMILES string of the molecule is Cc1nc(-n2cccc2)sc1C(=O)NCC(F)(F)F. The molecule has 0 bridgehead atoms. The van der Waals surface area contributed by atoms with Gasteiger partial charge < -0.3 is 9.88 Å². The number of rotatable bonds is 3. The summed E-state index contributed by atoms with van der Waals surface area (Å²) in [6, 6.07) is 3.58. The Bertz CT molecular complexity index is 575. The predicted octanol–water partition coefficient (Wildman–Crippen LogP) is 2.53. The lowest BCUT2D eigenvalue weighted by Crippen LogP contribution is -2.33. The van der Waals surface area contributed by atoms with E-state index in [0.717, 1.165) is 11.3 Å². The normalized spacial score (nSPS) is 11.6. The van der Waals surface area contributed by atoms with Crippen LogP contribution in [0.15, 0.2) is 24.5 Å². The van der Waals surface area contributed by atoms with Crippen molar-refractivity contribution in [2.75, 3.05) is 6.54 Å². The van der Waals surface area contributed by atoms with Crippen LogP contribution in [0, 0.1) is 6.92 Å². The van der Waals surface area contributed by atoms with Crippen LogP contribution in [0.4, 0.5) is 13.2 Å². The van der Waals surface area contributed by atoms with Crippen molar-refractivity contribution in [3.8, 4) is 5.13 Å². The molecular formula is C11H10F3N3OS. The molecular weight excluding hydrogens is 279 g/mol. The maximum absolute atomic E-state index is 12.0. The Morgan fingerprint density at radius 1 is 1.42 bits per heavy atom. The van der Waals surface area contributed by atoms with Crippen LogP contribution < -0.4 is 5.32 Å². The van der Waals surface area contributed by atoms with Crippen LogP contribution in [-0.4, -0.2) is 28.2 Å². The van der Waals surface area contributed by atoms with Gasteiger partial charge in [-0.15, -0.1) is 0 Å². The number of hydrogen-bond acceptors (Lipinski definition) is 3. The lowest BCUT2D eigenvalue weighted by atomic mass is 10.4. The van der Waals surface area contributed by atoms with Crippen molar-refractivity contribution in [1.29, 1.82) is 0 Å². The molecule has 0 spiro atoms. The molecule has 0 radical (unpaired) electrons.